The Bertz CT molecular complexity index is 359. The molecule has 4 nitrogen and oxygen atoms in total. The van der Waals surface area contributed by atoms with E-state index in [9.17, 15) is 9.59 Å². The van der Waals surface area contributed by atoms with Crippen LogP contribution in [-0.4, -0.2) is 19.0 Å². The van der Waals surface area contributed by atoms with Crippen molar-refractivity contribution in [2.75, 3.05) is 7.11 Å². The second kappa shape index (κ2) is 5.90. The number of ether oxygens (including phenoxy) is 2. The lowest BCUT2D eigenvalue weighted by molar-refractivity contribution is -0.152. The molecular weight excluding hydrogens is 208 g/mol. The van der Waals surface area contributed by atoms with E-state index in [4.69, 9.17) is 4.74 Å². The maximum atomic E-state index is 11.2. The van der Waals surface area contributed by atoms with Gasteiger partial charge in [-0.25, -0.2) is 0 Å². The number of methoxy groups -OCH3 is 1. The van der Waals surface area contributed by atoms with Crippen LogP contribution in [0.3, 0.4) is 0 Å². The molecule has 86 valence electrons. The first-order valence-electron chi connectivity index (χ1n) is 4.92. The fourth-order valence-corrected chi connectivity index (χ4v) is 1.33. The molecule has 0 aliphatic carbocycles. The van der Waals surface area contributed by atoms with Crippen molar-refractivity contribution in [3.63, 3.8) is 0 Å². The molecule has 0 aliphatic heterocycles. The SMILES string of the molecule is COC(=O)C[C@@H](OC(C)=O)c1ccccc1. The van der Waals surface area contributed by atoms with Gasteiger partial charge in [-0.05, 0) is 5.56 Å². The van der Waals surface area contributed by atoms with Crippen molar-refractivity contribution >= 4 is 11.9 Å². The molecule has 16 heavy (non-hydrogen) atoms. The Labute approximate surface area is 94.2 Å². The molecule has 0 unspecified atom stereocenters. The summed E-state index contributed by atoms with van der Waals surface area (Å²) in [6, 6.07) is 9.10. The molecule has 0 saturated carbocycles. The van der Waals surface area contributed by atoms with E-state index in [1.807, 2.05) is 18.2 Å². The molecule has 0 bridgehead atoms. The van der Waals surface area contributed by atoms with Crippen LogP contribution in [0, 0.1) is 0 Å². The molecule has 0 fully saturated rings. The van der Waals surface area contributed by atoms with Crippen LogP contribution in [-0.2, 0) is 19.1 Å². The molecule has 1 aromatic carbocycles. The molecule has 1 aromatic rings. The average Bonchev–Trinajstić information content (AvgIpc) is 2.28. The number of carbonyl (C=O) groups is 2. The Morgan fingerprint density at radius 3 is 2.38 bits per heavy atom. The highest BCUT2D eigenvalue weighted by Gasteiger charge is 2.18. The van der Waals surface area contributed by atoms with Crippen LogP contribution in [0.15, 0.2) is 30.3 Å². The molecule has 0 amide bonds. The second-order valence-corrected chi connectivity index (χ2v) is 3.29. The summed E-state index contributed by atoms with van der Waals surface area (Å²) < 4.78 is 9.62. The minimum atomic E-state index is -0.578. The Balaban J connectivity index is 2.79. The normalized spacial score (nSPS) is 11.6. The van der Waals surface area contributed by atoms with E-state index in [0.717, 1.165) is 5.56 Å². The van der Waals surface area contributed by atoms with Crippen LogP contribution in [0.25, 0.3) is 0 Å². The molecule has 4 heteroatoms. The largest absolute Gasteiger partial charge is 0.469 e. The average molecular weight is 222 g/mol. The molecule has 0 aliphatic rings. The highest BCUT2D eigenvalue weighted by atomic mass is 16.6. The van der Waals surface area contributed by atoms with Gasteiger partial charge in [0.15, 0.2) is 0 Å². The Morgan fingerprint density at radius 2 is 1.88 bits per heavy atom. The minimum Gasteiger partial charge on any atom is -0.469 e. The zero-order valence-electron chi connectivity index (χ0n) is 9.30. The number of hydrogen-bond acceptors (Lipinski definition) is 4. The molecule has 0 N–H and O–H groups in total. The van der Waals surface area contributed by atoms with Crippen molar-refractivity contribution in [1.29, 1.82) is 0 Å². The van der Waals surface area contributed by atoms with Crippen molar-refractivity contribution < 1.29 is 19.1 Å². The van der Waals surface area contributed by atoms with Gasteiger partial charge in [-0.15, -0.1) is 0 Å². The minimum absolute atomic E-state index is 0.0279. The van der Waals surface area contributed by atoms with E-state index in [2.05, 4.69) is 4.74 Å². The van der Waals surface area contributed by atoms with Gasteiger partial charge >= 0.3 is 11.9 Å². The summed E-state index contributed by atoms with van der Waals surface area (Å²) in [5, 5.41) is 0. The van der Waals surface area contributed by atoms with E-state index in [0.29, 0.717) is 0 Å². The zero-order chi connectivity index (χ0) is 12.0. The first-order valence-corrected chi connectivity index (χ1v) is 4.92. The lowest BCUT2D eigenvalue weighted by Crippen LogP contribution is -2.14. The van der Waals surface area contributed by atoms with Crippen LogP contribution >= 0.6 is 0 Å². The maximum Gasteiger partial charge on any atom is 0.309 e. The Morgan fingerprint density at radius 1 is 1.25 bits per heavy atom. The Hall–Kier alpha value is -1.84. The van der Waals surface area contributed by atoms with Gasteiger partial charge in [0.1, 0.15) is 6.10 Å². The molecule has 0 spiro atoms. The summed E-state index contributed by atoms with van der Waals surface area (Å²) in [5.41, 5.74) is 0.781. The van der Waals surface area contributed by atoms with Gasteiger partial charge in [-0.2, -0.15) is 0 Å². The predicted octanol–water partition coefficient (Wildman–Crippen LogP) is 1.85. The predicted molar refractivity (Wildman–Crippen MR) is 57.6 cm³/mol. The van der Waals surface area contributed by atoms with Crippen LogP contribution in [0.4, 0.5) is 0 Å². The maximum absolute atomic E-state index is 11.2. The summed E-state index contributed by atoms with van der Waals surface area (Å²) in [7, 11) is 1.30. The molecule has 0 saturated heterocycles. The quantitative estimate of drug-likeness (QED) is 0.729. The van der Waals surface area contributed by atoms with Gasteiger partial charge in [0.2, 0.25) is 0 Å². The highest BCUT2D eigenvalue weighted by molar-refractivity contribution is 5.71. The monoisotopic (exact) mass is 222 g/mol. The van der Waals surface area contributed by atoms with Crippen molar-refractivity contribution in [3.8, 4) is 0 Å². The highest BCUT2D eigenvalue weighted by Crippen LogP contribution is 2.21. The number of rotatable bonds is 4. The van der Waals surface area contributed by atoms with Gasteiger partial charge in [-0.1, -0.05) is 30.3 Å². The van der Waals surface area contributed by atoms with Gasteiger partial charge in [-0.3, -0.25) is 9.59 Å². The summed E-state index contributed by atoms with van der Waals surface area (Å²) >= 11 is 0. The third kappa shape index (κ3) is 3.73. The van der Waals surface area contributed by atoms with Crippen LogP contribution in [0.1, 0.15) is 25.0 Å². The topological polar surface area (TPSA) is 52.6 Å². The first kappa shape index (κ1) is 12.2. The standard InChI is InChI=1S/C12H14O4/c1-9(13)16-11(8-12(14)15-2)10-6-4-3-5-7-10/h3-7,11H,8H2,1-2H3/t11-/m1/s1. The summed E-state index contributed by atoms with van der Waals surface area (Å²) in [5.74, 6) is -0.826. The van der Waals surface area contributed by atoms with Gasteiger partial charge < -0.3 is 9.47 Å². The summed E-state index contributed by atoms with van der Waals surface area (Å²) in [4.78, 5) is 22.1. The van der Waals surface area contributed by atoms with Crippen molar-refractivity contribution in [1.82, 2.24) is 0 Å². The third-order valence-corrected chi connectivity index (χ3v) is 2.06. The number of esters is 2. The number of carbonyl (C=O) groups excluding carboxylic acids is 2. The molecule has 0 aromatic heterocycles. The van der Waals surface area contributed by atoms with E-state index < -0.39 is 18.0 Å². The van der Waals surface area contributed by atoms with E-state index in [1.54, 1.807) is 12.1 Å². The lowest BCUT2D eigenvalue weighted by Gasteiger charge is -2.15. The summed E-state index contributed by atoms with van der Waals surface area (Å²) in [6.07, 6.45) is -0.550. The number of benzene rings is 1. The fraction of sp³-hybridized carbons (Fsp3) is 0.333. The third-order valence-electron chi connectivity index (χ3n) is 2.06. The van der Waals surface area contributed by atoms with E-state index in [-0.39, 0.29) is 6.42 Å². The summed E-state index contributed by atoms with van der Waals surface area (Å²) in [6.45, 7) is 1.31. The van der Waals surface area contributed by atoms with Crippen LogP contribution in [0.2, 0.25) is 0 Å². The smallest absolute Gasteiger partial charge is 0.309 e. The zero-order valence-corrected chi connectivity index (χ0v) is 9.30. The van der Waals surface area contributed by atoms with Gasteiger partial charge in [0, 0.05) is 6.92 Å². The molecule has 0 heterocycles. The molecule has 0 radical (unpaired) electrons. The van der Waals surface area contributed by atoms with E-state index in [1.165, 1.54) is 14.0 Å². The van der Waals surface area contributed by atoms with Gasteiger partial charge in [0.05, 0.1) is 13.5 Å². The van der Waals surface area contributed by atoms with Crippen molar-refractivity contribution in [3.05, 3.63) is 35.9 Å². The first-order chi connectivity index (χ1) is 7.63. The van der Waals surface area contributed by atoms with E-state index >= 15 is 0 Å². The van der Waals surface area contributed by atoms with Crippen molar-refractivity contribution in [2.24, 2.45) is 0 Å². The molecule has 1 atom stereocenters. The number of hydrogen-bond donors (Lipinski definition) is 0. The lowest BCUT2D eigenvalue weighted by atomic mass is 10.1. The van der Waals surface area contributed by atoms with Crippen LogP contribution < -0.4 is 0 Å². The van der Waals surface area contributed by atoms with Crippen LogP contribution in [0.5, 0.6) is 0 Å². The van der Waals surface area contributed by atoms with Gasteiger partial charge in [0.25, 0.3) is 0 Å². The Kier molecular flexibility index (Phi) is 4.51. The van der Waals surface area contributed by atoms with Crippen molar-refractivity contribution in [2.45, 2.75) is 19.4 Å². The fourth-order valence-electron chi connectivity index (χ4n) is 1.33. The second-order valence-electron chi connectivity index (χ2n) is 3.29. The molecule has 1 rings (SSSR count). The molecular formula is C12H14O4.